The van der Waals surface area contributed by atoms with Gasteiger partial charge in [0.05, 0.1) is 0 Å². The van der Waals surface area contributed by atoms with Gasteiger partial charge >= 0.3 is 0 Å². The molecule has 6 heavy (non-hydrogen) atoms. The van der Waals surface area contributed by atoms with Gasteiger partial charge in [-0.2, -0.15) is 0 Å². The Morgan fingerprint density at radius 3 is 2.33 bits per heavy atom. The van der Waals surface area contributed by atoms with Gasteiger partial charge < -0.3 is 0 Å². The third-order valence-corrected chi connectivity index (χ3v) is 1.31. The third kappa shape index (κ3) is 4.79. The molecule has 0 aliphatic rings. The van der Waals surface area contributed by atoms with Crippen LogP contribution in [-0.2, 0) is 0 Å². The maximum atomic E-state index is 2.44. The third-order valence-electron chi connectivity index (χ3n) is 0.686. The first-order valence-electron chi connectivity index (χ1n) is 2.41. The minimum atomic E-state index is 0.868. The van der Waals surface area contributed by atoms with Gasteiger partial charge in [-0.15, -0.1) is 0 Å². The number of alkyl halides is 1. The fraction of sp³-hybridized carbons (Fsp3) is 1.00. The molecule has 0 saturated carbocycles. The smallest absolute Gasteiger partial charge is 0.0924 e. The first-order valence-corrected chi connectivity index (χ1v) is 3.66. The summed E-state index contributed by atoms with van der Waals surface area (Å²) in [5, 5.41) is 0. The molecule has 0 amide bonds. The van der Waals surface area contributed by atoms with E-state index in [-0.39, 0.29) is 0 Å². The Morgan fingerprint density at radius 2 is 2.33 bits per heavy atom. The van der Waals surface area contributed by atoms with Crippen molar-refractivity contribution in [3.8, 4) is 0 Å². The van der Waals surface area contributed by atoms with E-state index < -0.39 is 0 Å². The van der Waals surface area contributed by atoms with Crippen LogP contribution in [-0.4, -0.2) is 11.7 Å². The molecule has 0 aromatic rings. The molecule has 0 nitrogen and oxygen atoms in total. The molecule has 0 radical (unpaired) electrons. The van der Waals surface area contributed by atoms with Gasteiger partial charge in [-0.3, -0.25) is 0 Å². The molecule has 36 valence electrons. The largest absolute Gasteiger partial charge is 0.118 e. The van der Waals surface area contributed by atoms with E-state index in [0.717, 1.165) is 3.82 Å². The molecular weight excluding hydrogens is 186 g/mol. The van der Waals surface area contributed by atoms with Crippen molar-refractivity contribution in [2.24, 2.45) is 0 Å². The summed E-state index contributed by atoms with van der Waals surface area (Å²) in [5.74, 6) is 0. The topological polar surface area (TPSA) is 0 Å². The highest BCUT2D eigenvalue weighted by atomic mass is 127. The quantitative estimate of drug-likeness (QED) is 0.353. The molecule has 0 aromatic carbocycles. The van der Waals surface area contributed by atoms with E-state index in [2.05, 4.69) is 37.4 Å². The highest BCUT2D eigenvalue weighted by Gasteiger charge is 1.88. The lowest BCUT2D eigenvalue weighted by Crippen LogP contribution is -1.91. The predicted molar refractivity (Wildman–Crippen MR) is 41.3 cm³/mol. The average molecular weight is 196 g/mol. The van der Waals surface area contributed by atoms with E-state index in [4.69, 9.17) is 0 Å². The number of rotatable bonds is 2. The standard InChI is InChI=1S/C4H10BI/c1-2-3-4(5)6/h4H,2-3,5H2,1H3. The Balaban J connectivity index is 2.63. The van der Waals surface area contributed by atoms with Crippen molar-refractivity contribution >= 4 is 30.4 Å². The van der Waals surface area contributed by atoms with Crippen molar-refractivity contribution in [3.05, 3.63) is 0 Å². The molecule has 0 heterocycles. The Kier molecular flexibility index (Phi) is 4.49. The molecule has 0 aliphatic carbocycles. The SMILES string of the molecule is BC(I)CCC. The molecule has 1 unspecified atom stereocenters. The second-order valence-electron chi connectivity index (χ2n) is 1.57. The van der Waals surface area contributed by atoms with Crippen molar-refractivity contribution < 1.29 is 0 Å². The van der Waals surface area contributed by atoms with Crippen LogP contribution in [0.25, 0.3) is 0 Å². The fourth-order valence-corrected chi connectivity index (χ4v) is 1.02. The summed E-state index contributed by atoms with van der Waals surface area (Å²) in [4.78, 5) is 0. The lowest BCUT2D eigenvalue weighted by Gasteiger charge is -1.93. The van der Waals surface area contributed by atoms with E-state index in [1.807, 2.05) is 0 Å². The minimum Gasteiger partial charge on any atom is -0.0924 e. The fourth-order valence-electron chi connectivity index (χ4n) is 0.398. The van der Waals surface area contributed by atoms with Crippen LogP contribution in [0, 0.1) is 0 Å². The number of hydrogen-bond donors (Lipinski definition) is 0. The molecule has 1 atom stereocenters. The average Bonchev–Trinajstić information content (AvgIpc) is 1.35. The van der Waals surface area contributed by atoms with Gasteiger partial charge in [0.2, 0.25) is 0 Å². The Morgan fingerprint density at radius 1 is 1.83 bits per heavy atom. The van der Waals surface area contributed by atoms with Gasteiger partial charge in [-0.1, -0.05) is 35.9 Å². The van der Waals surface area contributed by atoms with Crippen molar-refractivity contribution in [1.29, 1.82) is 0 Å². The van der Waals surface area contributed by atoms with E-state index in [9.17, 15) is 0 Å². The molecule has 0 aliphatic heterocycles. The van der Waals surface area contributed by atoms with Gasteiger partial charge in [0.25, 0.3) is 0 Å². The van der Waals surface area contributed by atoms with Crippen LogP contribution in [0.3, 0.4) is 0 Å². The summed E-state index contributed by atoms with van der Waals surface area (Å²) in [7, 11) is 2.24. The summed E-state index contributed by atoms with van der Waals surface area (Å²) in [6, 6.07) is 0. The summed E-state index contributed by atoms with van der Waals surface area (Å²) >= 11 is 2.44. The Bertz CT molecular complexity index is 28.7. The Hall–Kier alpha value is 0.795. The molecule has 0 saturated heterocycles. The molecule has 0 N–H and O–H groups in total. The van der Waals surface area contributed by atoms with Crippen LogP contribution >= 0.6 is 22.6 Å². The first kappa shape index (κ1) is 6.79. The minimum absolute atomic E-state index is 0.868. The van der Waals surface area contributed by atoms with Gasteiger partial charge in [0.1, 0.15) is 7.85 Å². The van der Waals surface area contributed by atoms with Gasteiger partial charge in [-0.05, 0) is 10.2 Å². The second-order valence-corrected chi connectivity index (χ2v) is 3.70. The van der Waals surface area contributed by atoms with E-state index in [1.165, 1.54) is 12.8 Å². The zero-order valence-electron chi connectivity index (χ0n) is 4.37. The van der Waals surface area contributed by atoms with Crippen LogP contribution in [0.5, 0.6) is 0 Å². The van der Waals surface area contributed by atoms with Crippen LogP contribution < -0.4 is 0 Å². The van der Waals surface area contributed by atoms with Crippen LogP contribution in [0.15, 0.2) is 0 Å². The molecular formula is C4H10BI. The zero-order valence-corrected chi connectivity index (χ0v) is 6.53. The molecule has 2 heteroatoms. The molecule has 0 fully saturated rings. The number of hydrogen-bond acceptors (Lipinski definition) is 0. The summed E-state index contributed by atoms with van der Waals surface area (Å²) in [6.07, 6.45) is 2.69. The van der Waals surface area contributed by atoms with Crippen molar-refractivity contribution in [1.82, 2.24) is 0 Å². The highest BCUT2D eigenvalue weighted by Crippen LogP contribution is 2.01. The highest BCUT2D eigenvalue weighted by molar-refractivity contribution is 14.1. The maximum Gasteiger partial charge on any atom is 0.118 e. The molecule has 0 aromatic heterocycles. The maximum absolute atomic E-state index is 2.44. The molecule has 0 spiro atoms. The van der Waals surface area contributed by atoms with Crippen molar-refractivity contribution in [2.45, 2.75) is 23.6 Å². The van der Waals surface area contributed by atoms with Gasteiger partial charge in [-0.25, -0.2) is 0 Å². The van der Waals surface area contributed by atoms with E-state index >= 15 is 0 Å². The normalized spacial score (nSPS) is 14.3. The molecule has 0 bridgehead atoms. The van der Waals surface area contributed by atoms with Crippen molar-refractivity contribution in [3.63, 3.8) is 0 Å². The summed E-state index contributed by atoms with van der Waals surface area (Å²) in [5.41, 5.74) is 0. The van der Waals surface area contributed by atoms with Gasteiger partial charge in [0.15, 0.2) is 0 Å². The zero-order chi connectivity index (χ0) is 4.99. The Labute approximate surface area is 54.2 Å². The van der Waals surface area contributed by atoms with Crippen molar-refractivity contribution in [2.75, 3.05) is 0 Å². The van der Waals surface area contributed by atoms with E-state index in [1.54, 1.807) is 0 Å². The van der Waals surface area contributed by atoms with Gasteiger partial charge in [0, 0.05) is 0 Å². The van der Waals surface area contributed by atoms with Crippen LogP contribution in [0.2, 0.25) is 0 Å². The van der Waals surface area contributed by atoms with Crippen LogP contribution in [0.1, 0.15) is 19.8 Å². The molecule has 0 rings (SSSR count). The second kappa shape index (κ2) is 3.97. The predicted octanol–water partition coefficient (Wildman–Crippen LogP) is 1.18. The summed E-state index contributed by atoms with van der Waals surface area (Å²) < 4.78 is 0.868. The number of halogens is 1. The van der Waals surface area contributed by atoms with E-state index in [0.29, 0.717) is 0 Å². The lowest BCUT2D eigenvalue weighted by atomic mass is 10.0. The monoisotopic (exact) mass is 196 g/mol. The first-order chi connectivity index (χ1) is 2.77. The lowest BCUT2D eigenvalue weighted by molar-refractivity contribution is 0.878. The summed E-state index contributed by atoms with van der Waals surface area (Å²) in [6.45, 7) is 2.22. The van der Waals surface area contributed by atoms with Crippen LogP contribution in [0.4, 0.5) is 0 Å².